The van der Waals surface area contributed by atoms with E-state index in [0.29, 0.717) is 18.9 Å². The van der Waals surface area contributed by atoms with Gasteiger partial charge in [-0.05, 0) is 60.7 Å². The van der Waals surface area contributed by atoms with Crippen molar-refractivity contribution in [2.24, 2.45) is 5.92 Å². The summed E-state index contributed by atoms with van der Waals surface area (Å²) in [5, 5.41) is 6.35. The van der Waals surface area contributed by atoms with E-state index in [1.165, 1.54) is 6.42 Å². The highest BCUT2D eigenvalue weighted by Crippen LogP contribution is 2.18. The monoisotopic (exact) mass is 381 g/mol. The van der Waals surface area contributed by atoms with Crippen molar-refractivity contribution in [3.63, 3.8) is 0 Å². The lowest BCUT2D eigenvalue weighted by molar-refractivity contribution is -0.121. The van der Waals surface area contributed by atoms with Crippen LogP contribution in [-0.2, 0) is 11.3 Å². The quantitative estimate of drug-likeness (QED) is 0.803. The summed E-state index contributed by atoms with van der Waals surface area (Å²) in [6.07, 6.45) is 6.40. The van der Waals surface area contributed by atoms with Crippen molar-refractivity contribution in [1.29, 1.82) is 0 Å². The van der Waals surface area contributed by atoms with E-state index in [1.807, 2.05) is 12.1 Å². The minimum Gasteiger partial charge on any atom is -0.352 e. The van der Waals surface area contributed by atoms with Crippen LogP contribution in [0.2, 0.25) is 0 Å². The summed E-state index contributed by atoms with van der Waals surface area (Å²) in [6.45, 7) is 2.75. The van der Waals surface area contributed by atoms with E-state index < -0.39 is 0 Å². The lowest BCUT2D eigenvalue weighted by Crippen LogP contribution is -2.23. The third-order valence-corrected chi connectivity index (χ3v) is 4.40. The van der Waals surface area contributed by atoms with Gasteiger partial charge in [-0.3, -0.25) is 9.78 Å². The van der Waals surface area contributed by atoms with Crippen LogP contribution < -0.4 is 10.6 Å². The fraction of sp³-hybridized carbons (Fsp3) is 0.368. The lowest BCUT2D eigenvalue weighted by Gasteiger charge is -2.09. The molecular weight excluding hydrogens is 357 g/mol. The van der Waals surface area contributed by atoms with Gasteiger partial charge in [0.25, 0.3) is 0 Å². The van der Waals surface area contributed by atoms with Crippen molar-refractivity contribution in [3.05, 3.63) is 54.4 Å². The second-order valence-electron chi connectivity index (χ2n) is 6.11. The Hall–Kier alpha value is -1.62. The van der Waals surface area contributed by atoms with Gasteiger partial charge in [0.2, 0.25) is 5.91 Å². The molecule has 136 valence electrons. The zero-order chi connectivity index (χ0) is 15.9. The molecule has 6 heteroatoms. The Morgan fingerprint density at radius 2 is 1.76 bits per heavy atom. The highest BCUT2D eigenvalue weighted by Gasteiger charge is 2.15. The largest absolute Gasteiger partial charge is 0.352 e. The molecule has 1 aliphatic heterocycles. The van der Waals surface area contributed by atoms with Gasteiger partial charge in [0.05, 0.1) is 0 Å². The first kappa shape index (κ1) is 21.4. The highest BCUT2D eigenvalue weighted by atomic mass is 35.5. The summed E-state index contributed by atoms with van der Waals surface area (Å²) in [7, 11) is 0. The number of pyridine rings is 1. The van der Waals surface area contributed by atoms with E-state index in [0.717, 1.165) is 36.2 Å². The van der Waals surface area contributed by atoms with Gasteiger partial charge in [-0.1, -0.05) is 24.3 Å². The maximum atomic E-state index is 11.9. The van der Waals surface area contributed by atoms with E-state index in [-0.39, 0.29) is 30.7 Å². The fourth-order valence-electron chi connectivity index (χ4n) is 2.94. The first-order valence-electron chi connectivity index (χ1n) is 8.28. The van der Waals surface area contributed by atoms with Gasteiger partial charge in [0, 0.05) is 25.4 Å². The van der Waals surface area contributed by atoms with Crippen LogP contribution in [0.3, 0.4) is 0 Å². The summed E-state index contributed by atoms with van der Waals surface area (Å²) in [5.74, 6) is 0.815. The molecule has 1 aromatic heterocycles. The topological polar surface area (TPSA) is 54.0 Å². The summed E-state index contributed by atoms with van der Waals surface area (Å²) in [6, 6.07) is 12.3. The Labute approximate surface area is 161 Å². The molecule has 0 bridgehead atoms. The molecule has 0 saturated carbocycles. The number of nitrogens with one attached hydrogen (secondary N) is 2. The number of rotatable bonds is 6. The van der Waals surface area contributed by atoms with Crippen LogP contribution in [0.25, 0.3) is 11.1 Å². The first-order valence-corrected chi connectivity index (χ1v) is 8.28. The molecule has 4 nitrogen and oxygen atoms in total. The minimum atomic E-state index is 0. The van der Waals surface area contributed by atoms with Gasteiger partial charge in [-0.25, -0.2) is 0 Å². The molecule has 3 rings (SSSR count). The van der Waals surface area contributed by atoms with Crippen molar-refractivity contribution in [2.45, 2.75) is 25.8 Å². The molecule has 0 spiro atoms. The Morgan fingerprint density at radius 3 is 2.40 bits per heavy atom. The number of aromatic nitrogens is 1. The van der Waals surface area contributed by atoms with Crippen molar-refractivity contribution in [3.8, 4) is 11.1 Å². The Morgan fingerprint density at radius 1 is 1.08 bits per heavy atom. The molecule has 1 amide bonds. The van der Waals surface area contributed by atoms with Gasteiger partial charge in [0.1, 0.15) is 0 Å². The second kappa shape index (κ2) is 11.1. The average Bonchev–Trinajstić information content (AvgIpc) is 3.13. The van der Waals surface area contributed by atoms with Crippen molar-refractivity contribution >= 4 is 30.7 Å². The van der Waals surface area contributed by atoms with Gasteiger partial charge < -0.3 is 10.6 Å². The van der Waals surface area contributed by atoms with Gasteiger partial charge >= 0.3 is 0 Å². The van der Waals surface area contributed by atoms with Crippen LogP contribution in [-0.4, -0.2) is 24.0 Å². The van der Waals surface area contributed by atoms with Gasteiger partial charge in [0.15, 0.2) is 0 Å². The number of carbonyl (C=O) groups is 1. The normalized spacial score (nSPS) is 15.8. The Balaban J connectivity index is 0.00000156. The van der Waals surface area contributed by atoms with Crippen LogP contribution in [0, 0.1) is 5.92 Å². The molecule has 2 N–H and O–H groups in total. The predicted octanol–water partition coefficient (Wildman–Crippen LogP) is 3.60. The van der Waals surface area contributed by atoms with E-state index in [2.05, 4.69) is 39.9 Å². The summed E-state index contributed by atoms with van der Waals surface area (Å²) in [4.78, 5) is 16.0. The highest BCUT2D eigenvalue weighted by molar-refractivity contribution is 5.85. The average molecular weight is 382 g/mol. The molecule has 1 saturated heterocycles. The number of hydrogen-bond donors (Lipinski definition) is 2. The second-order valence-corrected chi connectivity index (χ2v) is 6.11. The molecule has 1 aliphatic rings. The van der Waals surface area contributed by atoms with Gasteiger partial charge in [-0.2, -0.15) is 0 Å². The van der Waals surface area contributed by atoms with E-state index in [4.69, 9.17) is 0 Å². The summed E-state index contributed by atoms with van der Waals surface area (Å²) in [5.41, 5.74) is 3.44. The summed E-state index contributed by atoms with van der Waals surface area (Å²) >= 11 is 0. The number of benzene rings is 1. The smallest absolute Gasteiger partial charge is 0.220 e. The molecule has 0 aliphatic carbocycles. The number of halogens is 2. The van der Waals surface area contributed by atoms with Crippen LogP contribution in [0.4, 0.5) is 0 Å². The Kier molecular flexibility index (Phi) is 9.50. The molecule has 2 heterocycles. The molecule has 0 radical (unpaired) electrons. The predicted molar refractivity (Wildman–Crippen MR) is 106 cm³/mol. The zero-order valence-electron chi connectivity index (χ0n) is 14.1. The zero-order valence-corrected chi connectivity index (χ0v) is 15.7. The maximum Gasteiger partial charge on any atom is 0.220 e. The SMILES string of the molecule is Cl.Cl.O=C(CCC1CCNC1)NCc1ccc(-c2ccncc2)cc1. The number of hydrogen-bond acceptors (Lipinski definition) is 3. The van der Waals surface area contributed by atoms with E-state index in [9.17, 15) is 4.79 Å². The van der Waals surface area contributed by atoms with Crippen molar-refractivity contribution in [1.82, 2.24) is 15.6 Å². The third-order valence-electron chi connectivity index (χ3n) is 4.40. The number of carbonyl (C=O) groups excluding carboxylic acids is 1. The van der Waals surface area contributed by atoms with Crippen LogP contribution in [0.1, 0.15) is 24.8 Å². The van der Waals surface area contributed by atoms with E-state index in [1.54, 1.807) is 12.4 Å². The fourth-order valence-corrected chi connectivity index (χ4v) is 2.94. The Bertz CT molecular complexity index is 629. The van der Waals surface area contributed by atoms with Crippen molar-refractivity contribution < 1.29 is 4.79 Å². The molecule has 25 heavy (non-hydrogen) atoms. The number of nitrogens with zero attached hydrogens (tertiary/aromatic N) is 1. The minimum absolute atomic E-state index is 0. The van der Waals surface area contributed by atoms with Crippen LogP contribution >= 0.6 is 24.8 Å². The molecule has 1 fully saturated rings. The molecule has 2 aromatic rings. The van der Waals surface area contributed by atoms with Crippen molar-refractivity contribution in [2.75, 3.05) is 13.1 Å². The molecular formula is C19H25Cl2N3O. The van der Waals surface area contributed by atoms with Crippen LogP contribution in [0.5, 0.6) is 0 Å². The van der Waals surface area contributed by atoms with E-state index >= 15 is 0 Å². The number of amides is 1. The molecule has 1 atom stereocenters. The lowest BCUT2D eigenvalue weighted by atomic mass is 10.0. The first-order chi connectivity index (χ1) is 11.3. The maximum absolute atomic E-state index is 11.9. The third kappa shape index (κ3) is 6.65. The standard InChI is InChI=1S/C19H23N3O.2ClH/c23-19(6-3-16-7-10-21-13-16)22-14-15-1-4-17(5-2-15)18-8-11-20-12-9-18;;/h1-2,4-5,8-9,11-12,16,21H,3,6-7,10,13-14H2,(H,22,23);2*1H. The van der Waals surface area contributed by atoms with Crippen LogP contribution in [0.15, 0.2) is 48.8 Å². The van der Waals surface area contributed by atoms with Gasteiger partial charge in [-0.15, -0.1) is 24.8 Å². The molecule has 1 unspecified atom stereocenters. The summed E-state index contributed by atoms with van der Waals surface area (Å²) < 4.78 is 0. The molecule has 1 aromatic carbocycles.